The Morgan fingerprint density at radius 2 is 2.07 bits per heavy atom. The molecule has 1 rings (SSSR count). The van der Waals surface area contributed by atoms with Gasteiger partial charge in [-0.2, -0.15) is 0 Å². The molecule has 1 aromatic rings. The van der Waals surface area contributed by atoms with Crippen LogP contribution in [0.2, 0.25) is 10.0 Å². The molecule has 0 unspecified atom stereocenters. The van der Waals surface area contributed by atoms with Gasteiger partial charge in [-0.1, -0.05) is 35.4 Å². The van der Waals surface area contributed by atoms with Gasteiger partial charge in [-0.05, 0) is 12.1 Å². The van der Waals surface area contributed by atoms with E-state index in [1.807, 2.05) is 0 Å². The van der Waals surface area contributed by atoms with Crippen LogP contribution in [0.3, 0.4) is 0 Å². The van der Waals surface area contributed by atoms with Crippen molar-refractivity contribution in [3.8, 4) is 5.75 Å². The van der Waals surface area contributed by atoms with Crippen molar-refractivity contribution < 1.29 is 4.74 Å². The molecule has 0 radical (unpaired) electrons. The summed E-state index contributed by atoms with van der Waals surface area (Å²) in [5.74, 6) is 0.663. The number of hydrogen-bond acceptors (Lipinski definition) is 2. The van der Waals surface area contributed by atoms with Crippen molar-refractivity contribution >= 4 is 40.4 Å². The maximum atomic E-state index is 5.79. The van der Waals surface area contributed by atoms with Crippen molar-refractivity contribution in [3.63, 3.8) is 0 Å². The lowest BCUT2D eigenvalue weighted by molar-refractivity contribution is 0.329. The third-order valence-corrected chi connectivity index (χ3v) is 2.45. The highest BCUT2D eigenvalue weighted by Gasteiger charge is 2.00. The van der Waals surface area contributed by atoms with Gasteiger partial charge < -0.3 is 10.5 Å². The molecule has 0 saturated carbocycles. The van der Waals surface area contributed by atoms with Crippen LogP contribution in [0.15, 0.2) is 18.2 Å². The SMILES string of the molecule is NC(=S)CCOc1ccc(Cl)c(Cl)c1. The van der Waals surface area contributed by atoms with Crippen LogP contribution in [-0.4, -0.2) is 11.6 Å². The fourth-order valence-electron chi connectivity index (χ4n) is 0.836. The number of nitrogens with two attached hydrogens (primary N) is 1. The van der Waals surface area contributed by atoms with E-state index in [-0.39, 0.29) is 0 Å². The van der Waals surface area contributed by atoms with Gasteiger partial charge in [-0.3, -0.25) is 0 Å². The lowest BCUT2D eigenvalue weighted by Crippen LogP contribution is -2.12. The van der Waals surface area contributed by atoms with Gasteiger partial charge in [0.05, 0.1) is 21.6 Å². The average Bonchev–Trinajstić information content (AvgIpc) is 2.10. The summed E-state index contributed by atoms with van der Waals surface area (Å²) in [6, 6.07) is 5.08. The van der Waals surface area contributed by atoms with Crippen molar-refractivity contribution in [1.82, 2.24) is 0 Å². The summed E-state index contributed by atoms with van der Waals surface area (Å²) in [5.41, 5.74) is 5.31. The van der Waals surface area contributed by atoms with Gasteiger partial charge in [0.15, 0.2) is 0 Å². The number of thiocarbonyl (C=S) groups is 1. The molecule has 0 aliphatic carbocycles. The molecular formula is C9H9Cl2NOS. The summed E-state index contributed by atoms with van der Waals surface area (Å²) in [6.45, 7) is 0.452. The van der Waals surface area contributed by atoms with E-state index in [0.717, 1.165) is 0 Å². The molecular weight excluding hydrogens is 241 g/mol. The predicted molar refractivity (Wildman–Crippen MR) is 63.4 cm³/mol. The minimum absolute atomic E-state index is 0.435. The van der Waals surface area contributed by atoms with Crippen molar-refractivity contribution in [2.45, 2.75) is 6.42 Å². The summed E-state index contributed by atoms with van der Waals surface area (Å²) >= 11 is 16.2. The Bertz CT molecular complexity index is 344. The Morgan fingerprint density at radius 1 is 1.36 bits per heavy atom. The second kappa shape index (κ2) is 5.39. The van der Waals surface area contributed by atoms with Gasteiger partial charge in [0, 0.05) is 12.5 Å². The lowest BCUT2D eigenvalue weighted by Gasteiger charge is -2.05. The zero-order chi connectivity index (χ0) is 10.6. The van der Waals surface area contributed by atoms with Crippen LogP contribution in [0, 0.1) is 0 Å². The molecule has 76 valence electrons. The molecule has 0 aromatic heterocycles. The van der Waals surface area contributed by atoms with Gasteiger partial charge in [-0.25, -0.2) is 0 Å². The summed E-state index contributed by atoms with van der Waals surface area (Å²) in [7, 11) is 0. The number of ether oxygens (including phenoxy) is 1. The molecule has 0 bridgehead atoms. The van der Waals surface area contributed by atoms with E-state index in [2.05, 4.69) is 0 Å². The highest BCUT2D eigenvalue weighted by atomic mass is 35.5. The van der Waals surface area contributed by atoms with Crippen LogP contribution in [0.5, 0.6) is 5.75 Å². The number of benzene rings is 1. The van der Waals surface area contributed by atoms with E-state index < -0.39 is 0 Å². The van der Waals surface area contributed by atoms with Gasteiger partial charge >= 0.3 is 0 Å². The molecule has 0 spiro atoms. The molecule has 0 heterocycles. The molecule has 1 aromatic carbocycles. The van der Waals surface area contributed by atoms with E-state index in [9.17, 15) is 0 Å². The van der Waals surface area contributed by atoms with Crippen LogP contribution in [-0.2, 0) is 0 Å². The Morgan fingerprint density at radius 3 is 2.64 bits per heavy atom. The topological polar surface area (TPSA) is 35.2 Å². The van der Waals surface area contributed by atoms with E-state index in [1.165, 1.54) is 0 Å². The molecule has 5 heteroatoms. The van der Waals surface area contributed by atoms with Gasteiger partial charge in [-0.15, -0.1) is 0 Å². The Kier molecular flexibility index (Phi) is 4.45. The fraction of sp³-hybridized carbons (Fsp3) is 0.222. The number of hydrogen-bond donors (Lipinski definition) is 1. The Hall–Kier alpha value is -0.510. The third kappa shape index (κ3) is 3.70. The van der Waals surface area contributed by atoms with Crippen LogP contribution < -0.4 is 10.5 Å². The molecule has 2 nitrogen and oxygen atoms in total. The third-order valence-electron chi connectivity index (χ3n) is 1.51. The molecule has 0 aliphatic rings. The van der Waals surface area contributed by atoms with Gasteiger partial charge in [0.25, 0.3) is 0 Å². The first-order chi connectivity index (χ1) is 6.59. The van der Waals surface area contributed by atoms with E-state index >= 15 is 0 Å². The predicted octanol–water partition coefficient (Wildman–Crippen LogP) is 3.05. The molecule has 2 N–H and O–H groups in total. The van der Waals surface area contributed by atoms with E-state index in [0.29, 0.717) is 33.8 Å². The van der Waals surface area contributed by atoms with Crippen LogP contribution >= 0.6 is 35.4 Å². The average molecular weight is 250 g/mol. The molecule has 0 fully saturated rings. The van der Waals surface area contributed by atoms with E-state index in [4.69, 9.17) is 45.9 Å². The molecule has 0 amide bonds. The maximum Gasteiger partial charge on any atom is 0.120 e. The monoisotopic (exact) mass is 249 g/mol. The van der Waals surface area contributed by atoms with Gasteiger partial charge in [0.1, 0.15) is 5.75 Å². The summed E-state index contributed by atoms with van der Waals surface area (Å²) in [4.78, 5) is 0.435. The Balaban J connectivity index is 2.51. The van der Waals surface area contributed by atoms with Gasteiger partial charge in [0.2, 0.25) is 0 Å². The maximum absolute atomic E-state index is 5.79. The molecule has 14 heavy (non-hydrogen) atoms. The molecule has 0 saturated heterocycles. The van der Waals surface area contributed by atoms with Crippen LogP contribution in [0.4, 0.5) is 0 Å². The standard InChI is InChI=1S/C9H9Cl2NOS/c10-7-2-1-6(5-8(7)11)13-4-3-9(12)14/h1-2,5H,3-4H2,(H2,12,14). The summed E-state index contributed by atoms with van der Waals surface area (Å²) < 4.78 is 5.34. The van der Waals surface area contributed by atoms with Crippen molar-refractivity contribution in [1.29, 1.82) is 0 Å². The smallest absolute Gasteiger partial charge is 0.120 e. The highest BCUT2D eigenvalue weighted by molar-refractivity contribution is 7.80. The summed E-state index contributed by atoms with van der Waals surface area (Å²) in [6.07, 6.45) is 0.551. The fourth-order valence-corrected chi connectivity index (χ4v) is 1.21. The minimum Gasteiger partial charge on any atom is -0.493 e. The zero-order valence-corrected chi connectivity index (χ0v) is 9.62. The van der Waals surface area contributed by atoms with Crippen LogP contribution in [0.25, 0.3) is 0 Å². The highest BCUT2D eigenvalue weighted by Crippen LogP contribution is 2.26. The van der Waals surface area contributed by atoms with Crippen molar-refractivity contribution in [3.05, 3.63) is 28.2 Å². The number of rotatable bonds is 4. The van der Waals surface area contributed by atoms with E-state index in [1.54, 1.807) is 18.2 Å². The second-order valence-corrected chi connectivity index (χ2v) is 3.98. The largest absolute Gasteiger partial charge is 0.493 e. The number of halogens is 2. The quantitative estimate of drug-likeness (QED) is 0.834. The normalized spacial score (nSPS) is 9.86. The second-order valence-electron chi connectivity index (χ2n) is 2.64. The van der Waals surface area contributed by atoms with Crippen molar-refractivity contribution in [2.24, 2.45) is 5.73 Å². The van der Waals surface area contributed by atoms with Crippen LogP contribution in [0.1, 0.15) is 6.42 Å². The first-order valence-corrected chi connectivity index (χ1v) is 5.12. The zero-order valence-electron chi connectivity index (χ0n) is 7.30. The first kappa shape index (κ1) is 11.6. The lowest BCUT2D eigenvalue weighted by atomic mass is 10.3. The molecule has 0 atom stereocenters. The molecule has 0 aliphatic heterocycles. The Labute approximate surface area is 97.9 Å². The van der Waals surface area contributed by atoms with Crippen molar-refractivity contribution in [2.75, 3.05) is 6.61 Å². The minimum atomic E-state index is 0.435. The first-order valence-electron chi connectivity index (χ1n) is 3.96. The summed E-state index contributed by atoms with van der Waals surface area (Å²) in [5, 5.41) is 0.979.